The van der Waals surface area contributed by atoms with E-state index in [1.54, 1.807) is 12.4 Å². The number of pyridine rings is 1. The van der Waals surface area contributed by atoms with Crippen LogP contribution >= 0.6 is 15.9 Å². The largest absolute Gasteiger partial charge is 0.329 e. The number of halogens is 1. The van der Waals surface area contributed by atoms with Crippen molar-refractivity contribution in [2.45, 2.75) is 6.04 Å². The highest BCUT2D eigenvalue weighted by atomic mass is 79.9. The van der Waals surface area contributed by atoms with Crippen LogP contribution in [0.3, 0.4) is 0 Å². The lowest BCUT2D eigenvalue weighted by Crippen LogP contribution is -2.34. The second-order valence-corrected chi connectivity index (χ2v) is 7.47. The van der Waals surface area contributed by atoms with Gasteiger partial charge in [0.2, 0.25) is 0 Å². The van der Waals surface area contributed by atoms with E-state index in [2.05, 4.69) is 20.9 Å². The summed E-state index contributed by atoms with van der Waals surface area (Å²) < 4.78 is 23.2. The Morgan fingerprint density at radius 3 is 2.67 bits per heavy atom. The van der Waals surface area contributed by atoms with Crippen molar-refractivity contribution in [3.8, 4) is 0 Å². The number of aromatic nitrogens is 1. The minimum atomic E-state index is -2.96. The normalized spacial score (nSPS) is 13.8. The Balaban J connectivity index is 2.77. The van der Waals surface area contributed by atoms with E-state index in [0.29, 0.717) is 13.1 Å². The lowest BCUT2D eigenvalue weighted by atomic mass is 10.1. The molecule has 1 heterocycles. The zero-order chi connectivity index (χ0) is 13.8. The topological polar surface area (TPSA) is 76.3 Å². The predicted molar refractivity (Wildman–Crippen MR) is 76.1 cm³/mol. The molecule has 0 amide bonds. The van der Waals surface area contributed by atoms with Crippen molar-refractivity contribution in [1.29, 1.82) is 0 Å². The van der Waals surface area contributed by atoms with E-state index in [9.17, 15) is 8.42 Å². The number of rotatable bonds is 6. The summed E-state index contributed by atoms with van der Waals surface area (Å²) in [6.07, 6.45) is 4.69. The molecule has 0 aromatic carbocycles. The molecule has 0 spiro atoms. The number of hydrogen-bond donors (Lipinski definition) is 1. The van der Waals surface area contributed by atoms with Crippen molar-refractivity contribution in [1.82, 2.24) is 9.88 Å². The average molecular weight is 336 g/mol. The highest BCUT2D eigenvalue weighted by molar-refractivity contribution is 9.10. The molecule has 0 radical (unpaired) electrons. The molecule has 0 fully saturated rings. The van der Waals surface area contributed by atoms with Crippen molar-refractivity contribution >= 4 is 25.8 Å². The Morgan fingerprint density at radius 2 is 2.17 bits per heavy atom. The zero-order valence-corrected chi connectivity index (χ0v) is 12.9. The van der Waals surface area contributed by atoms with Crippen LogP contribution in [-0.4, -0.2) is 50.4 Å². The maximum Gasteiger partial charge on any atom is 0.148 e. The van der Waals surface area contributed by atoms with Gasteiger partial charge in [-0.1, -0.05) is 0 Å². The molecule has 1 atom stereocenters. The molecule has 102 valence electrons. The summed E-state index contributed by atoms with van der Waals surface area (Å²) in [6.45, 7) is 0.867. The van der Waals surface area contributed by atoms with Gasteiger partial charge in [-0.15, -0.1) is 0 Å². The van der Waals surface area contributed by atoms with Gasteiger partial charge in [0.25, 0.3) is 0 Å². The molecule has 1 unspecified atom stereocenters. The highest BCUT2D eigenvalue weighted by Gasteiger charge is 2.17. The summed E-state index contributed by atoms with van der Waals surface area (Å²) in [5.74, 6) is 0.126. The van der Waals surface area contributed by atoms with Gasteiger partial charge in [0.1, 0.15) is 9.84 Å². The number of nitrogens with two attached hydrogens (primary N) is 1. The summed E-state index contributed by atoms with van der Waals surface area (Å²) in [6, 6.07) is 1.92. The molecule has 0 aliphatic heterocycles. The van der Waals surface area contributed by atoms with Crippen LogP contribution in [0.1, 0.15) is 11.6 Å². The van der Waals surface area contributed by atoms with Gasteiger partial charge in [-0.3, -0.25) is 9.88 Å². The number of likely N-dealkylation sites (N-methyl/N-ethyl adjacent to an activating group) is 1. The monoisotopic (exact) mass is 335 g/mol. The molecule has 18 heavy (non-hydrogen) atoms. The van der Waals surface area contributed by atoms with Crippen LogP contribution in [0, 0.1) is 0 Å². The second kappa shape index (κ2) is 6.60. The molecule has 0 saturated heterocycles. The lowest BCUT2D eigenvalue weighted by Gasteiger charge is -2.26. The molecule has 1 aromatic heterocycles. The lowest BCUT2D eigenvalue weighted by molar-refractivity contribution is 0.264. The third kappa shape index (κ3) is 5.01. The summed E-state index contributed by atoms with van der Waals surface area (Å²) in [7, 11) is -1.09. The predicted octanol–water partition coefficient (Wildman–Crippen LogP) is 0.820. The van der Waals surface area contributed by atoms with E-state index in [-0.39, 0.29) is 11.8 Å². The molecule has 0 saturated carbocycles. The van der Waals surface area contributed by atoms with Crippen molar-refractivity contribution in [3.05, 3.63) is 28.5 Å². The van der Waals surface area contributed by atoms with Gasteiger partial charge in [0.15, 0.2) is 0 Å². The molecule has 0 bridgehead atoms. The van der Waals surface area contributed by atoms with Crippen LogP contribution in [-0.2, 0) is 9.84 Å². The van der Waals surface area contributed by atoms with Crippen molar-refractivity contribution in [2.75, 3.05) is 32.1 Å². The van der Waals surface area contributed by atoms with Gasteiger partial charge < -0.3 is 5.73 Å². The van der Waals surface area contributed by atoms with E-state index >= 15 is 0 Å². The van der Waals surface area contributed by atoms with Gasteiger partial charge >= 0.3 is 0 Å². The summed E-state index contributed by atoms with van der Waals surface area (Å²) in [5.41, 5.74) is 6.74. The Morgan fingerprint density at radius 1 is 1.50 bits per heavy atom. The molecular weight excluding hydrogens is 318 g/mol. The van der Waals surface area contributed by atoms with Gasteiger partial charge in [-0.05, 0) is 34.6 Å². The van der Waals surface area contributed by atoms with Gasteiger partial charge in [-0.25, -0.2) is 8.42 Å². The standard InChI is InChI=1S/C11H18BrN3O2S/c1-15(3-4-18(2,16)17)11(6-13)9-5-10(12)8-14-7-9/h5,7-8,11H,3-4,6,13H2,1-2H3. The fourth-order valence-corrected chi connectivity index (χ4v) is 2.65. The van der Waals surface area contributed by atoms with E-state index in [0.717, 1.165) is 10.0 Å². The van der Waals surface area contributed by atoms with Crippen LogP contribution in [0.25, 0.3) is 0 Å². The molecule has 7 heteroatoms. The molecule has 1 rings (SSSR count). The third-order valence-corrected chi connectivity index (χ3v) is 4.04. The number of nitrogens with zero attached hydrogens (tertiary/aromatic N) is 2. The van der Waals surface area contributed by atoms with Crippen molar-refractivity contribution < 1.29 is 8.42 Å². The van der Waals surface area contributed by atoms with Crippen LogP contribution in [0.4, 0.5) is 0 Å². The summed E-state index contributed by atoms with van der Waals surface area (Å²) in [5, 5.41) is 0. The molecule has 5 nitrogen and oxygen atoms in total. The number of sulfone groups is 1. The van der Waals surface area contributed by atoms with E-state index in [4.69, 9.17) is 5.73 Å². The Bertz CT molecular complexity index is 493. The van der Waals surface area contributed by atoms with Gasteiger partial charge in [0, 0.05) is 42.3 Å². The maximum atomic E-state index is 11.2. The smallest absolute Gasteiger partial charge is 0.148 e. The molecular formula is C11H18BrN3O2S. The molecule has 2 N–H and O–H groups in total. The first-order valence-electron chi connectivity index (χ1n) is 5.52. The van der Waals surface area contributed by atoms with Crippen LogP contribution in [0.2, 0.25) is 0 Å². The minimum Gasteiger partial charge on any atom is -0.329 e. The Kier molecular flexibility index (Phi) is 5.71. The quantitative estimate of drug-likeness (QED) is 0.832. The van der Waals surface area contributed by atoms with E-state index in [1.807, 2.05) is 18.0 Å². The fraction of sp³-hybridized carbons (Fsp3) is 0.545. The van der Waals surface area contributed by atoms with Crippen LogP contribution in [0.15, 0.2) is 22.9 Å². The average Bonchev–Trinajstić information content (AvgIpc) is 2.26. The minimum absolute atomic E-state index is 0.0308. The van der Waals surface area contributed by atoms with Gasteiger partial charge in [-0.2, -0.15) is 0 Å². The van der Waals surface area contributed by atoms with Crippen LogP contribution < -0.4 is 5.73 Å². The first-order chi connectivity index (χ1) is 8.33. The second-order valence-electron chi connectivity index (χ2n) is 4.30. The highest BCUT2D eigenvalue weighted by Crippen LogP contribution is 2.20. The van der Waals surface area contributed by atoms with Crippen LogP contribution in [0.5, 0.6) is 0 Å². The molecule has 0 aliphatic rings. The first kappa shape index (κ1) is 15.6. The Hall–Kier alpha value is -0.500. The summed E-state index contributed by atoms with van der Waals surface area (Å²) in [4.78, 5) is 6.03. The van der Waals surface area contributed by atoms with Crippen molar-refractivity contribution in [2.24, 2.45) is 5.73 Å². The summed E-state index contributed by atoms with van der Waals surface area (Å²) >= 11 is 3.36. The SMILES string of the molecule is CN(CCS(C)(=O)=O)C(CN)c1cncc(Br)c1. The van der Waals surface area contributed by atoms with Crippen molar-refractivity contribution in [3.63, 3.8) is 0 Å². The van der Waals surface area contributed by atoms with E-state index in [1.165, 1.54) is 6.26 Å². The molecule has 0 aliphatic carbocycles. The zero-order valence-electron chi connectivity index (χ0n) is 10.5. The third-order valence-electron chi connectivity index (χ3n) is 2.68. The maximum absolute atomic E-state index is 11.2. The molecule has 1 aromatic rings. The Labute approximate surface area is 116 Å². The van der Waals surface area contributed by atoms with E-state index < -0.39 is 9.84 Å². The van der Waals surface area contributed by atoms with Gasteiger partial charge in [0.05, 0.1) is 5.75 Å². The number of hydrogen-bond acceptors (Lipinski definition) is 5. The fourth-order valence-electron chi connectivity index (χ4n) is 1.65. The first-order valence-corrected chi connectivity index (χ1v) is 8.37.